The molecule has 0 unspecified atom stereocenters. The highest BCUT2D eigenvalue weighted by Crippen LogP contribution is 2.15. The highest BCUT2D eigenvalue weighted by atomic mass is 32.2. The minimum atomic E-state index is -3.64. The molecular weight excluding hydrogens is 394 g/mol. The van der Waals surface area contributed by atoms with Crippen molar-refractivity contribution in [1.29, 1.82) is 0 Å². The Morgan fingerprint density at radius 3 is 2.10 bits per heavy atom. The van der Waals surface area contributed by atoms with E-state index < -0.39 is 10.0 Å². The maximum absolute atomic E-state index is 12.1. The van der Waals surface area contributed by atoms with E-state index in [4.69, 9.17) is 4.42 Å². The van der Waals surface area contributed by atoms with Gasteiger partial charge in [0.15, 0.2) is 5.76 Å². The van der Waals surface area contributed by atoms with Crippen LogP contribution in [-0.4, -0.2) is 26.8 Å². The molecule has 0 radical (unpaired) electrons. The number of rotatable bonds is 8. The molecule has 9 heteroatoms. The van der Waals surface area contributed by atoms with E-state index in [-0.39, 0.29) is 35.4 Å². The lowest BCUT2D eigenvalue weighted by Gasteiger charge is -2.09. The van der Waals surface area contributed by atoms with Crippen molar-refractivity contribution in [2.75, 3.05) is 17.2 Å². The maximum Gasteiger partial charge on any atom is 0.291 e. The molecule has 29 heavy (non-hydrogen) atoms. The smallest absolute Gasteiger partial charge is 0.291 e. The second-order valence-electron chi connectivity index (χ2n) is 6.02. The molecule has 0 aliphatic heterocycles. The van der Waals surface area contributed by atoms with Gasteiger partial charge < -0.3 is 15.1 Å². The Kier molecular flexibility index (Phi) is 6.43. The molecule has 3 N–H and O–H groups in total. The number of amides is 2. The van der Waals surface area contributed by atoms with Crippen LogP contribution >= 0.6 is 0 Å². The molecular formula is C20H19N3O5S. The average molecular weight is 413 g/mol. The van der Waals surface area contributed by atoms with E-state index in [2.05, 4.69) is 15.4 Å². The number of benzene rings is 2. The molecule has 0 aliphatic carbocycles. The standard InChI is InChI=1S/C20H19N3O5S/c24-19(12-13-21-29(26,27)17-5-2-1-3-6-17)22-15-8-10-16(11-9-15)23-20(25)18-7-4-14-28-18/h1-11,14,21H,12-13H2,(H,22,24)(H,23,25). The van der Waals surface area contributed by atoms with Gasteiger partial charge in [-0.25, -0.2) is 13.1 Å². The zero-order valence-electron chi connectivity index (χ0n) is 15.3. The molecule has 3 rings (SSSR count). The predicted molar refractivity (Wildman–Crippen MR) is 108 cm³/mol. The number of anilines is 2. The van der Waals surface area contributed by atoms with E-state index in [1.54, 1.807) is 54.6 Å². The van der Waals surface area contributed by atoms with Crippen LogP contribution < -0.4 is 15.4 Å². The SMILES string of the molecule is O=C(CCNS(=O)(=O)c1ccccc1)Nc1ccc(NC(=O)c2ccco2)cc1. The second kappa shape index (κ2) is 9.18. The van der Waals surface area contributed by atoms with Crippen molar-refractivity contribution in [3.05, 3.63) is 78.8 Å². The lowest BCUT2D eigenvalue weighted by atomic mass is 10.2. The quantitative estimate of drug-likeness (QED) is 0.525. The Labute approximate surface area is 168 Å². The number of carbonyl (C=O) groups is 2. The van der Waals surface area contributed by atoms with Crippen molar-refractivity contribution in [1.82, 2.24) is 4.72 Å². The number of furan rings is 1. The van der Waals surface area contributed by atoms with Crippen LogP contribution in [0.25, 0.3) is 0 Å². The van der Waals surface area contributed by atoms with Crippen molar-refractivity contribution in [2.24, 2.45) is 0 Å². The van der Waals surface area contributed by atoms with Crippen molar-refractivity contribution in [3.63, 3.8) is 0 Å². The third kappa shape index (κ3) is 5.77. The number of hydrogen-bond acceptors (Lipinski definition) is 5. The Hall–Kier alpha value is -3.43. The fraction of sp³-hybridized carbons (Fsp3) is 0.100. The first kappa shape index (κ1) is 20.3. The summed E-state index contributed by atoms with van der Waals surface area (Å²) in [5, 5.41) is 5.34. The highest BCUT2D eigenvalue weighted by molar-refractivity contribution is 7.89. The summed E-state index contributed by atoms with van der Waals surface area (Å²) in [5.41, 5.74) is 1.07. The second-order valence-corrected chi connectivity index (χ2v) is 7.78. The average Bonchev–Trinajstić information content (AvgIpc) is 3.25. The zero-order valence-corrected chi connectivity index (χ0v) is 16.1. The molecule has 8 nitrogen and oxygen atoms in total. The van der Waals surface area contributed by atoms with E-state index in [0.717, 1.165) is 0 Å². The molecule has 0 saturated heterocycles. The molecule has 0 fully saturated rings. The first-order chi connectivity index (χ1) is 13.9. The van der Waals surface area contributed by atoms with Gasteiger partial charge >= 0.3 is 0 Å². The lowest BCUT2D eigenvalue weighted by Crippen LogP contribution is -2.27. The Bertz CT molecular complexity index is 1060. The fourth-order valence-corrected chi connectivity index (χ4v) is 3.50. The van der Waals surface area contributed by atoms with Gasteiger partial charge in [0.25, 0.3) is 5.91 Å². The highest BCUT2D eigenvalue weighted by Gasteiger charge is 2.13. The summed E-state index contributed by atoms with van der Waals surface area (Å²) in [4.78, 5) is 24.1. The van der Waals surface area contributed by atoms with Crippen LogP contribution in [-0.2, 0) is 14.8 Å². The first-order valence-corrected chi connectivity index (χ1v) is 10.2. The van der Waals surface area contributed by atoms with Gasteiger partial charge in [0.05, 0.1) is 11.2 Å². The molecule has 2 aromatic carbocycles. The van der Waals surface area contributed by atoms with Gasteiger partial charge in [0.1, 0.15) is 0 Å². The van der Waals surface area contributed by atoms with Gasteiger partial charge in [0, 0.05) is 24.3 Å². The fourth-order valence-electron chi connectivity index (χ4n) is 2.44. The summed E-state index contributed by atoms with van der Waals surface area (Å²) in [6.07, 6.45) is 1.39. The molecule has 1 heterocycles. The summed E-state index contributed by atoms with van der Waals surface area (Å²) >= 11 is 0. The van der Waals surface area contributed by atoms with Gasteiger partial charge in [0.2, 0.25) is 15.9 Å². The summed E-state index contributed by atoms with van der Waals surface area (Å²) < 4.78 is 31.6. The Balaban J connectivity index is 1.46. The van der Waals surface area contributed by atoms with Crippen LogP contribution in [0.2, 0.25) is 0 Å². The normalized spacial score (nSPS) is 11.0. The maximum atomic E-state index is 12.1. The minimum Gasteiger partial charge on any atom is -0.459 e. The van der Waals surface area contributed by atoms with Crippen LogP contribution in [0.3, 0.4) is 0 Å². The summed E-state index contributed by atoms with van der Waals surface area (Å²) in [5.74, 6) is -0.522. The largest absolute Gasteiger partial charge is 0.459 e. The van der Waals surface area contributed by atoms with Crippen LogP contribution in [0.15, 0.2) is 82.3 Å². The van der Waals surface area contributed by atoms with Crippen molar-refractivity contribution < 1.29 is 22.4 Å². The van der Waals surface area contributed by atoms with Crippen LogP contribution in [0.1, 0.15) is 17.0 Å². The Morgan fingerprint density at radius 1 is 0.828 bits per heavy atom. The predicted octanol–water partition coefficient (Wildman–Crippen LogP) is 2.84. The number of sulfonamides is 1. The molecule has 0 spiro atoms. The third-order valence-electron chi connectivity index (χ3n) is 3.87. The van der Waals surface area contributed by atoms with E-state index >= 15 is 0 Å². The van der Waals surface area contributed by atoms with Crippen molar-refractivity contribution in [3.8, 4) is 0 Å². The van der Waals surface area contributed by atoms with Crippen LogP contribution in [0.5, 0.6) is 0 Å². The lowest BCUT2D eigenvalue weighted by molar-refractivity contribution is -0.116. The first-order valence-electron chi connectivity index (χ1n) is 8.73. The third-order valence-corrected chi connectivity index (χ3v) is 5.35. The molecule has 0 saturated carbocycles. The van der Waals surface area contributed by atoms with Crippen molar-refractivity contribution >= 4 is 33.2 Å². The summed E-state index contributed by atoms with van der Waals surface area (Å²) in [6.45, 7) is -0.0274. The minimum absolute atomic E-state index is 0.0248. The van der Waals surface area contributed by atoms with Gasteiger partial charge in [-0.2, -0.15) is 0 Å². The van der Waals surface area contributed by atoms with E-state index in [1.165, 1.54) is 18.4 Å². The van der Waals surface area contributed by atoms with Crippen LogP contribution in [0.4, 0.5) is 11.4 Å². The van der Waals surface area contributed by atoms with Crippen LogP contribution in [0, 0.1) is 0 Å². The number of hydrogen-bond donors (Lipinski definition) is 3. The number of carbonyl (C=O) groups excluding carboxylic acids is 2. The molecule has 2 amide bonds. The summed E-state index contributed by atoms with van der Waals surface area (Å²) in [7, 11) is -3.64. The molecule has 0 bridgehead atoms. The molecule has 3 aromatic rings. The molecule has 0 aliphatic rings. The monoisotopic (exact) mass is 413 g/mol. The Morgan fingerprint density at radius 2 is 1.48 bits per heavy atom. The molecule has 0 atom stereocenters. The van der Waals surface area contributed by atoms with E-state index in [0.29, 0.717) is 11.4 Å². The van der Waals surface area contributed by atoms with Gasteiger partial charge in [-0.1, -0.05) is 18.2 Å². The van der Waals surface area contributed by atoms with Gasteiger partial charge in [-0.15, -0.1) is 0 Å². The topological polar surface area (TPSA) is 118 Å². The van der Waals surface area contributed by atoms with E-state index in [1.807, 2.05) is 0 Å². The van der Waals surface area contributed by atoms with Gasteiger partial charge in [-0.3, -0.25) is 9.59 Å². The molecule has 1 aromatic heterocycles. The van der Waals surface area contributed by atoms with E-state index in [9.17, 15) is 18.0 Å². The molecule has 150 valence electrons. The number of nitrogens with one attached hydrogen (secondary N) is 3. The zero-order chi connectivity index (χ0) is 20.7. The summed E-state index contributed by atoms with van der Waals surface area (Å²) in [6, 6.07) is 17.6. The van der Waals surface area contributed by atoms with Crippen molar-refractivity contribution in [2.45, 2.75) is 11.3 Å². The van der Waals surface area contributed by atoms with Gasteiger partial charge in [-0.05, 0) is 48.5 Å².